The third kappa shape index (κ3) is 3.61. The number of hydrogen-bond acceptors (Lipinski definition) is 6. The fourth-order valence-corrected chi connectivity index (χ4v) is 2.90. The molecule has 7 heteroatoms. The smallest absolute Gasteiger partial charge is 0.239 e. The van der Waals surface area contributed by atoms with Gasteiger partial charge in [0, 0.05) is 19.9 Å². The molecule has 2 aromatic rings. The highest BCUT2D eigenvalue weighted by Crippen LogP contribution is 2.48. The minimum atomic E-state index is -0.616. The average Bonchev–Trinajstić information content (AvgIpc) is 3.25. The fraction of sp³-hybridized carbons (Fsp3) is 0.444. The van der Waals surface area contributed by atoms with Crippen LogP contribution in [-0.2, 0) is 28.0 Å². The van der Waals surface area contributed by atoms with Crippen LogP contribution < -0.4 is 11.1 Å². The predicted octanol–water partition coefficient (Wildman–Crippen LogP) is 1.57. The lowest BCUT2D eigenvalue weighted by molar-refractivity contribution is -0.121. The molecule has 1 saturated carbocycles. The maximum absolute atomic E-state index is 11.8. The van der Waals surface area contributed by atoms with E-state index in [1.165, 1.54) is 6.92 Å². The van der Waals surface area contributed by atoms with E-state index in [4.69, 9.17) is 10.2 Å². The number of rotatable bonds is 7. The van der Waals surface area contributed by atoms with Crippen LogP contribution in [0.5, 0.6) is 0 Å². The van der Waals surface area contributed by atoms with Gasteiger partial charge in [-0.05, 0) is 30.9 Å². The summed E-state index contributed by atoms with van der Waals surface area (Å²) in [5.74, 6) is 0.525. The Balaban J connectivity index is 1.82. The number of nitrogens with two attached hydrogens (primary N) is 1. The van der Waals surface area contributed by atoms with Gasteiger partial charge in [0.2, 0.25) is 17.7 Å². The van der Waals surface area contributed by atoms with E-state index in [0.717, 1.165) is 24.0 Å². The average molecular weight is 342 g/mol. The highest BCUT2D eigenvalue weighted by molar-refractivity contribution is 5.89. The van der Waals surface area contributed by atoms with Crippen LogP contribution in [0.15, 0.2) is 28.7 Å². The van der Waals surface area contributed by atoms with E-state index in [9.17, 15) is 9.59 Å². The van der Waals surface area contributed by atoms with Crippen LogP contribution in [0.1, 0.15) is 55.6 Å². The zero-order valence-corrected chi connectivity index (χ0v) is 14.4. The summed E-state index contributed by atoms with van der Waals surface area (Å²) < 4.78 is 5.77. The molecule has 1 aliphatic rings. The maximum atomic E-state index is 11.8. The van der Waals surface area contributed by atoms with Gasteiger partial charge in [-0.3, -0.25) is 9.59 Å². The van der Waals surface area contributed by atoms with Crippen LogP contribution in [0.25, 0.3) is 0 Å². The Hall–Kier alpha value is -2.54. The second-order valence-corrected chi connectivity index (χ2v) is 6.56. The van der Waals surface area contributed by atoms with Crippen molar-refractivity contribution in [2.45, 2.75) is 51.1 Å². The standard InChI is InChI=1S/C18H22N4O3/c1-11(23)18(7-8-18)17-22-21-16(25-17)15(20-12(2)24)9-13-3-5-14(10-19)6-4-13/h3-6,15H,7-10,19H2,1-2H3,(H,20,24)/t15-/m0/s1. The summed E-state index contributed by atoms with van der Waals surface area (Å²) in [7, 11) is 0. The lowest BCUT2D eigenvalue weighted by Crippen LogP contribution is -2.28. The Bertz CT molecular complexity index is 778. The first kappa shape index (κ1) is 17.3. The Morgan fingerprint density at radius 1 is 1.20 bits per heavy atom. The van der Waals surface area contributed by atoms with Crippen LogP contribution in [0.3, 0.4) is 0 Å². The van der Waals surface area contributed by atoms with Crippen LogP contribution in [0.4, 0.5) is 0 Å². The molecule has 0 aliphatic heterocycles. The highest BCUT2D eigenvalue weighted by Gasteiger charge is 2.53. The lowest BCUT2D eigenvalue weighted by Gasteiger charge is -2.14. The van der Waals surface area contributed by atoms with Gasteiger partial charge in [-0.1, -0.05) is 24.3 Å². The molecule has 3 N–H and O–H groups in total. The molecule has 1 aromatic heterocycles. The third-order valence-electron chi connectivity index (χ3n) is 4.65. The molecule has 1 heterocycles. The van der Waals surface area contributed by atoms with Gasteiger partial charge in [-0.2, -0.15) is 0 Å². The zero-order valence-electron chi connectivity index (χ0n) is 14.4. The topological polar surface area (TPSA) is 111 Å². The third-order valence-corrected chi connectivity index (χ3v) is 4.65. The first-order valence-electron chi connectivity index (χ1n) is 8.34. The van der Waals surface area contributed by atoms with Crippen molar-refractivity contribution in [1.29, 1.82) is 0 Å². The van der Waals surface area contributed by atoms with E-state index in [1.807, 2.05) is 24.3 Å². The monoisotopic (exact) mass is 342 g/mol. The number of carbonyl (C=O) groups excluding carboxylic acids is 2. The minimum Gasteiger partial charge on any atom is -0.422 e. The molecule has 1 aliphatic carbocycles. The molecular formula is C18H22N4O3. The van der Waals surface area contributed by atoms with Gasteiger partial charge >= 0.3 is 0 Å². The SMILES string of the molecule is CC(=O)N[C@@H](Cc1ccc(CN)cc1)c1nnc(C2(C(C)=O)CC2)o1. The van der Waals surface area contributed by atoms with Gasteiger partial charge in [0.25, 0.3) is 0 Å². The Kier molecular flexibility index (Phi) is 4.67. The summed E-state index contributed by atoms with van der Waals surface area (Å²) in [6.45, 7) is 3.47. The predicted molar refractivity (Wildman–Crippen MR) is 90.5 cm³/mol. The lowest BCUT2D eigenvalue weighted by atomic mass is 10.0. The molecule has 7 nitrogen and oxygen atoms in total. The van der Waals surface area contributed by atoms with Crippen molar-refractivity contribution < 1.29 is 14.0 Å². The Morgan fingerprint density at radius 2 is 1.84 bits per heavy atom. The number of carbonyl (C=O) groups is 2. The first-order valence-corrected chi connectivity index (χ1v) is 8.34. The molecule has 1 atom stereocenters. The number of ketones is 1. The number of aromatic nitrogens is 2. The summed E-state index contributed by atoms with van der Waals surface area (Å²) in [5.41, 5.74) is 7.05. The van der Waals surface area contributed by atoms with Crippen molar-refractivity contribution in [3.05, 3.63) is 47.2 Å². The summed E-state index contributed by atoms with van der Waals surface area (Å²) in [4.78, 5) is 23.4. The van der Waals surface area contributed by atoms with E-state index in [-0.39, 0.29) is 11.7 Å². The number of benzene rings is 1. The van der Waals surface area contributed by atoms with E-state index < -0.39 is 11.5 Å². The molecule has 1 fully saturated rings. The van der Waals surface area contributed by atoms with Crippen molar-refractivity contribution in [2.24, 2.45) is 5.73 Å². The maximum Gasteiger partial charge on any atom is 0.239 e. The molecule has 3 rings (SSSR count). The summed E-state index contributed by atoms with van der Waals surface area (Å²) in [6.07, 6.45) is 1.98. The molecule has 1 amide bonds. The van der Waals surface area contributed by atoms with Gasteiger partial charge in [0.05, 0.1) is 0 Å². The largest absolute Gasteiger partial charge is 0.422 e. The normalized spacial score (nSPS) is 16.3. The molecular weight excluding hydrogens is 320 g/mol. The van der Waals surface area contributed by atoms with E-state index in [1.54, 1.807) is 6.92 Å². The second kappa shape index (κ2) is 6.76. The first-order chi connectivity index (χ1) is 11.9. The van der Waals surface area contributed by atoms with Gasteiger partial charge in [0.1, 0.15) is 17.2 Å². The molecule has 132 valence electrons. The molecule has 25 heavy (non-hydrogen) atoms. The molecule has 0 radical (unpaired) electrons. The van der Waals surface area contributed by atoms with Gasteiger partial charge in [-0.15, -0.1) is 10.2 Å². The van der Waals surface area contributed by atoms with Crippen LogP contribution >= 0.6 is 0 Å². The van der Waals surface area contributed by atoms with E-state index in [2.05, 4.69) is 15.5 Å². The Morgan fingerprint density at radius 3 is 2.36 bits per heavy atom. The number of nitrogens with zero attached hydrogens (tertiary/aromatic N) is 2. The zero-order chi connectivity index (χ0) is 18.0. The van der Waals surface area contributed by atoms with Crippen molar-refractivity contribution >= 4 is 11.7 Å². The Labute approximate surface area is 146 Å². The summed E-state index contributed by atoms with van der Waals surface area (Å²) >= 11 is 0. The van der Waals surface area contributed by atoms with Gasteiger partial charge in [0.15, 0.2) is 0 Å². The van der Waals surface area contributed by atoms with E-state index >= 15 is 0 Å². The molecule has 0 saturated heterocycles. The second-order valence-electron chi connectivity index (χ2n) is 6.56. The van der Waals surface area contributed by atoms with Crippen molar-refractivity contribution in [3.8, 4) is 0 Å². The minimum absolute atomic E-state index is 0.0381. The van der Waals surface area contributed by atoms with Crippen molar-refractivity contribution in [1.82, 2.24) is 15.5 Å². The fourth-order valence-electron chi connectivity index (χ4n) is 2.90. The van der Waals surface area contributed by atoms with Crippen LogP contribution in [-0.4, -0.2) is 21.9 Å². The summed E-state index contributed by atoms with van der Waals surface area (Å²) in [6, 6.07) is 7.39. The van der Waals surface area contributed by atoms with Crippen molar-refractivity contribution in [2.75, 3.05) is 0 Å². The molecule has 1 aromatic carbocycles. The molecule has 0 unspecified atom stereocenters. The van der Waals surface area contributed by atoms with Gasteiger partial charge in [-0.25, -0.2) is 0 Å². The van der Waals surface area contributed by atoms with Crippen LogP contribution in [0, 0.1) is 0 Å². The summed E-state index contributed by atoms with van der Waals surface area (Å²) in [5, 5.41) is 11.0. The highest BCUT2D eigenvalue weighted by atomic mass is 16.4. The van der Waals surface area contributed by atoms with Crippen LogP contribution in [0.2, 0.25) is 0 Å². The number of amides is 1. The van der Waals surface area contributed by atoms with Gasteiger partial charge < -0.3 is 15.5 Å². The molecule has 0 bridgehead atoms. The number of Topliss-reactive ketones (excluding diaryl/α,β-unsaturated/α-hetero) is 1. The van der Waals surface area contributed by atoms with Crippen molar-refractivity contribution in [3.63, 3.8) is 0 Å². The quantitative estimate of drug-likeness (QED) is 0.790. The van der Waals surface area contributed by atoms with E-state index in [0.29, 0.717) is 24.7 Å². The number of hydrogen-bond donors (Lipinski definition) is 2. The molecule has 0 spiro atoms. The number of nitrogens with one attached hydrogen (secondary N) is 1.